The van der Waals surface area contributed by atoms with Crippen LogP contribution < -0.4 is 5.32 Å². The van der Waals surface area contributed by atoms with Gasteiger partial charge in [0.05, 0.1) is 19.3 Å². The van der Waals surface area contributed by atoms with E-state index in [1.807, 2.05) is 0 Å². The molecule has 4 heteroatoms. The van der Waals surface area contributed by atoms with Gasteiger partial charge >= 0.3 is 0 Å². The third-order valence-electron chi connectivity index (χ3n) is 4.49. The van der Waals surface area contributed by atoms with Crippen molar-refractivity contribution in [3.05, 3.63) is 0 Å². The molecule has 0 aliphatic heterocycles. The fraction of sp³-hybridized carbons (Fsp3) is 1.00. The van der Waals surface area contributed by atoms with E-state index in [-0.39, 0.29) is 12.1 Å². The zero-order valence-corrected chi connectivity index (χ0v) is 14.1. The number of aliphatic hydroxyl groups excluding tert-OH is 2. The van der Waals surface area contributed by atoms with Crippen molar-refractivity contribution in [2.75, 3.05) is 26.4 Å². The van der Waals surface area contributed by atoms with E-state index >= 15 is 0 Å². The van der Waals surface area contributed by atoms with E-state index in [1.165, 1.54) is 12.8 Å². The summed E-state index contributed by atoms with van der Waals surface area (Å²) >= 11 is 0. The van der Waals surface area contributed by atoms with Crippen molar-refractivity contribution in [3.8, 4) is 0 Å². The van der Waals surface area contributed by atoms with Gasteiger partial charge in [-0.3, -0.25) is 0 Å². The van der Waals surface area contributed by atoms with E-state index in [2.05, 4.69) is 26.1 Å². The summed E-state index contributed by atoms with van der Waals surface area (Å²) in [7, 11) is 0. The Bertz CT molecular complexity index is 273. The van der Waals surface area contributed by atoms with E-state index in [4.69, 9.17) is 4.74 Å². The van der Waals surface area contributed by atoms with E-state index in [9.17, 15) is 10.2 Å². The van der Waals surface area contributed by atoms with Crippen molar-refractivity contribution in [3.63, 3.8) is 0 Å². The minimum atomic E-state index is -0.496. The first kappa shape index (κ1) is 18.9. The first-order valence-corrected chi connectivity index (χ1v) is 8.59. The van der Waals surface area contributed by atoms with Crippen LogP contribution in [0.2, 0.25) is 0 Å². The van der Waals surface area contributed by atoms with Crippen molar-refractivity contribution in [1.82, 2.24) is 5.32 Å². The molecule has 0 saturated heterocycles. The van der Waals surface area contributed by atoms with Gasteiger partial charge in [0.15, 0.2) is 0 Å². The van der Waals surface area contributed by atoms with Crippen LogP contribution in [-0.4, -0.2) is 48.2 Å². The molecule has 126 valence electrons. The monoisotopic (exact) mass is 301 g/mol. The maximum absolute atomic E-state index is 10.00. The quantitative estimate of drug-likeness (QED) is 0.542. The second-order valence-corrected chi connectivity index (χ2v) is 7.29. The summed E-state index contributed by atoms with van der Waals surface area (Å²) in [6.45, 7) is 8.40. The summed E-state index contributed by atoms with van der Waals surface area (Å²) in [6.07, 6.45) is 6.10. The number of hydrogen-bond donors (Lipinski definition) is 3. The number of ether oxygens (including phenoxy) is 1. The van der Waals surface area contributed by atoms with Crippen molar-refractivity contribution < 1.29 is 14.9 Å². The molecule has 1 fully saturated rings. The molecule has 21 heavy (non-hydrogen) atoms. The van der Waals surface area contributed by atoms with Crippen LogP contribution >= 0.6 is 0 Å². The molecule has 0 aromatic rings. The number of β-amino-alcohol motifs (C(OH)–C–C–N with tert-alkyl or cyclic N) is 1. The standard InChI is InChI=1S/C17H35NO3/c1-14(2)6-5-9-21-12-16(20)11-18-17(13-19)8-4-7-15(3)10-17/h14-16,18-20H,4-13H2,1-3H3. The largest absolute Gasteiger partial charge is 0.394 e. The van der Waals surface area contributed by atoms with E-state index < -0.39 is 6.10 Å². The van der Waals surface area contributed by atoms with E-state index in [0.717, 1.165) is 32.3 Å². The second kappa shape index (κ2) is 9.78. The number of hydrogen-bond acceptors (Lipinski definition) is 4. The van der Waals surface area contributed by atoms with Crippen molar-refractivity contribution in [2.24, 2.45) is 11.8 Å². The first-order valence-electron chi connectivity index (χ1n) is 8.59. The molecule has 0 amide bonds. The molecule has 3 N–H and O–H groups in total. The first-order chi connectivity index (χ1) is 9.97. The SMILES string of the molecule is CC(C)CCCOCC(O)CNC1(CO)CCCC(C)C1. The highest BCUT2D eigenvalue weighted by Gasteiger charge is 2.34. The van der Waals surface area contributed by atoms with Gasteiger partial charge in [-0.15, -0.1) is 0 Å². The maximum Gasteiger partial charge on any atom is 0.0897 e. The van der Waals surface area contributed by atoms with Gasteiger partial charge in [0.2, 0.25) is 0 Å². The smallest absolute Gasteiger partial charge is 0.0897 e. The zero-order valence-electron chi connectivity index (χ0n) is 14.1. The Kier molecular flexibility index (Phi) is 8.79. The summed E-state index contributed by atoms with van der Waals surface area (Å²) in [5.74, 6) is 1.35. The van der Waals surface area contributed by atoms with E-state index in [1.54, 1.807) is 0 Å². The lowest BCUT2D eigenvalue weighted by Gasteiger charge is -2.40. The van der Waals surface area contributed by atoms with Crippen LogP contribution in [0.4, 0.5) is 0 Å². The van der Waals surface area contributed by atoms with Gasteiger partial charge in [-0.05, 0) is 37.5 Å². The van der Waals surface area contributed by atoms with Gasteiger partial charge in [0.1, 0.15) is 0 Å². The number of rotatable bonds is 10. The van der Waals surface area contributed by atoms with Crippen molar-refractivity contribution in [1.29, 1.82) is 0 Å². The Labute approximate surface area is 130 Å². The molecule has 4 nitrogen and oxygen atoms in total. The van der Waals surface area contributed by atoms with Crippen LogP contribution in [0.5, 0.6) is 0 Å². The van der Waals surface area contributed by atoms with Crippen LogP contribution in [0.25, 0.3) is 0 Å². The topological polar surface area (TPSA) is 61.7 Å². The summed E-state index contributed by atoms with van der Waals surface area (Å²) < 4.78 is 5.52. The highest BCUT2D eigenvalue weighted by atomic mass is 16.5. The van der Waals surface area contributed by atoms with Crippen LogP contribution in [0.3, 0.4) is 0 Å². The summed E-state index contributed by atoms with van der Waals surface area (Å²) in [6, 6.07) is 0. The Morgan fingerprint density at radius 1 is 1.38 bits per heavy atom. The predicted octanol–water partition coefficient (Wildman–Crippen LogP) is 2.33. The fourth-order valence-corrected chi connectivity index (χ4v) is 3.23. The molecule has 1 rings (SSSR count). The summed E-state index contributed by atoms with van der Waals surface area (Å²) in [4.78, 5) is 0. The van der Waals surface area contributed by atoms with E-state index in [0.29, 0.717) is 25.0 Å². The third-order valence-corrected chi connectivity index (χ3v) is 4.49. The summed E-state index contributed by atoms with van der Waals surface area (Å²) in [5, 5.41) is 23.1. The fourth-order valence-electron chi connectivity index (χ4n) is 3.23. The minimum Gasteiger partial charge on any atom is -0.394 e. The van der Waals surface area contributed by atoms with Crippen LogP contribution in [0, 0.1) is 11.8 Å². The van der Waals surface area contributed by atoms with Gasteiger partial charge in [0, 0.05) is 18.7 Å². The molecular formula is C17H35NO3. The molecule has 0 heterocycles. The molecule has 0 radical (unpaired) electrons. The van der Waals surface area contributed by atoms with Crippen LogP contribution in [0.1, 0.15) is 59.3 Å². The molecule has 0 aromatic carbocycles. The average Bonchev–Trinajstić information content (AvgIpc) is 2.44. The molecule has 1 aliphatic carbocycles. The normalized spacial score (nSPS) is 28.0. The Morgan fingerprint density at radius 2 is 2.14 bits per heavy atom. The second-order valence-electron chi connectivity index (χ2n) is 7.29. The molecule has 3 unspecified atom stereocenters. The maximum atomic E-state index is 10.00. The zero-order chi connectivity index (χ0) is 15.7. The highest BCUT2D eigenvalue weighted by molar-refractivity contribution is 4.92. The van der Waals surface area contributed by atoms with Gasteiger partial charge in [-0.1, -0.05) is 33.6 Å². The molecule has 0 spiro atoms. The molecule has 0 bridgehead atoms. The Morgan fingerprint density at radius 3 is 2.76 bits per heavy atom. The molecule has 1 saturated carbocycles. The Hall–Kier alpha value is -0.160. The lowest BCUT2D eigenvalue weighted by molar-refractivity contribution is 0.0211. The lowest BCUT2D eigenvalue weighted by Crippen LogP contribution is -2.54. The van der Waals surface area contributed by atoms with Gasteiger partial charge in [0.25, 0.3) is 0 Å². The molecular weight excluding hydrogens is 266 g/mol. The minimum absolute atomic E-state index is 0.152. The number of aliphatic hydroxyl groups is 2. The average molecular weight is 301 g/mol. The van der Waals surface area contributed by atoms with Crippen LogP contribution in [-0.2, 0) is 4.74 Å². The van der Waals surface area contributed by atoms with Gasteiger partial charge in [-0.2, -0.15) is 0 Å². The van der Waals surface area contributed by atoms with Gasteiger partial charge in [-0.25, -0.2) is 0 Å². The predicted molar refractivity (Wildman–Crippen MR) is 86.3 cm³/mol. The molecule has 3 atom stereocenters. The third kappa shape index (κ3) is 7.59. The summed E-state index contributed by atoms with van der Waals surface area (Å²) in [5.41, 5.74) is -0.198. The highest BCUT2D eigenvalue weighted by Crippen LogP contribution is 2.31. The van der Waals surface area contributed by atoms with Crippen molar-refractivity contribution in [2.45, 2.75) is 70.9 Å². The van der Waals surface area contributed by atoms with Crippen molar-refractivity contribution >= 4 is 0 Å². The molecule has 1 aliphatic rings. The van der Waals surface area contributed by atoms with Crippen LogP contribution in [0.15, 0.2) is 0 Å². The Balaban J connectivity index is 2.17. The number of nitrogens with one attached hydrogen (secondary N) is 1. The van der Waals surface area contributed by atoms with Gasteiger partial charge < -0.3 is 20.3 Å². The lowest BCUT2D eigenvalue weighted by atomic mass is 9.77. The molecule has 0 aromatic heterocycles.